The zero-order valence-corrected chi connectivity index (χ0v) is 14.3. The molecule has 0 spiro atoms. The summed E-state index contributed by atoms with van der Waals surface area (Å²) >= 11 is 3.32. The van der Waals surface area contributed by atoms with E-state index in [1.165, 1.54) is 0 Å². The van der Waals surface area contributed by atoms with E-state index in [1.54, 1.807) is 23.7 Å². The van der Waals surface area contributed by atoms with Crippen LogP contribution in [0.5, 0.6) is 0 Å². The summed E-state index contributed by atoms with van der Waals surface area (Å²) in [6.07, 6.45) is 6.75. The highest BCUT2D eigenvalue weighted by Gasteiger charge is 2.41. The number of anilines is 1. The Morgan fingerprint density at radius 3 is 2.29 bits per heavy atom. The second-order valence-corrected chi connectivity index (χ2v) is 8.87. The molecule has 21 heavy (non-hydrogen) atoms. The Hall–Kier alpha value is -0.730. The van der Waals surface area contributed by atoms with Gasteiger partial charge in [0.05, 0.1) is 9.72 Å². The van der Waals surface area contributed by atoms with Gasteiger partial charge in [0.2, 0.25) is 16.0 Å². The maximum absolute atomic E-state index is 12.3. The van der Waals surface area contributed by atoms with Crippen molar-refractivity contribution in [3.8, 4) is 0 Å². The average Bonchev–Trinajstić information content (AvgIpc) is 3.32. The molecule has 0 radical (unpaired) electrons. The van der Waals surface area contributed by atoms with Crippen LogP contribution in [0.2, 0.25) is 0 Å². The van der Waals surface area contributed by atoms with Crippen LogP contribution in [0.4, 0.5) is 5.95 Å². The fourth-order valence-corrected chi connectivity index (χ4v) is 4.74. The summed E-state index contributed by atoms with van der Waals surface area (Å²) in [5.74, 6) is 0.712. The maximum Gasteiger partial charge on any atom is 0.225 e. The first-order valence-corrected chi connectivity index (χ1v) is 9.47. The van der Waals surface area contributed by atoms with Gasteiger partial charge >= 0.3 is 0 Å². The van der Waals surface area contributed by atoms with E-state index in [1.807, 2.05) is 0 Å². The molecule has 0 atom stereocenters. The van der Waals surface area contributed by atoms with Crippen LogP contribution >= 0.6 is 15.9 Å². The zero-order valence-electron chi connectivity index (χ0n) is 11.9. The van der Waals surface area contributed by atoms with Crippen LogP contribution in [0.1, 0.15) is 25.7 Å². The molecule has 1 aliphatic heterocycles. The highest BCUT2D eigenvalue weighted by atomic mass is 79.9. The maximum atomic E-state index is 12.3. The number of sulfonamides is 1. The fraction of sp³-hybridized carbons (Fsp3) is 0.692. The van der Waals surface area contributed by atoms with E-state index < -0.39 is 10.0 Å². The summed E-state index contributed by atoms with van der Waals surface area (Å²) in [7, 11) is -1.35. The summed E-state index contributed by atoms with van der Waals surface area (Å²) < 4.78 is 27.0. The predicted octanol–water partition coefficient (Wildman–Crippen LogP) is 1.63. The first-order valence-electron chi connectivity index (χ1n) is 7.18. The van der Waals surface area contributed by atoms with Crippen molar-refractivity contribution in [2.45, 2.75) is 37.0 Å². The van der Waals surface area contributed by atoms with Gasteiger partial charge in [0.1, 0.15) is 0 Å². The number of rotatable bonds is 4. The monoisotopic (exact) mass is 374 g/mol. The minimum atomic E-state index is -3.08. The smallest absolute Gasteiger partial charge is 0.225 e. The normalized spacial score (nSPS) is 21.0. The van der Waals surface area contributed by atoms with Crippen molar-refractivity contribution in [1.82, 2.24) is 14.3 Å². The minimum absolute atomic E-state index is 0.0994. The Morgan fingerprint density at radius 2 is 1.76 bits per heavy atom. The average molecular weight is 375 g/mol. The molecule has 0 unspecified atom stereocenters. The number of hydrogen-bond acceptors (Lipinski definition) is 5. The molecule has 1 saturated heterocycles. The molecule has 1 saturated carbocycles. The molecule has 2 aliphatic rings. The van der Waals surface area contributed by atoms with Crippen LogP contribution in [0.25, 0.3) is 0 Å². The molecule has 0 N–H and O–H groups in total. The van der Waals surface area contributed by atoms with Crippen molar-refractivity contribution >= 4 is 31.9 Å². The van der Waals surface area contributed by atoms with Gasteiger partial charge in [0.15, 0.2) is 0 Å². The third-order valence-corrected chi connectivity index (χ3v) is 7.04. The molecule has 1 aliphatic carbocycles. The van der Waals surface area contributed by atoms with Crippen LogP contribution in [0.3, 0.4) is 0 Å². The molecule has 1 aromatic rings. The van der Waals surface area contributed by atoms with Crippen molar-refractivity contribution in [2.24, 2.45) is 0 Å². The fourth-order valence-electron chi connectivity index (χ4n) is 2.71. The second-order valence-electron chi connectivity index (χ2n) is 5.68. The third-order valence-electron chi connectivity index (χ3n) is 4.22. The lowest BCUT2D eigenvalue weighted by atomic mass is 10.1. The van der Waals surface area contributed by atoms with Crippen molar-refractivity contribution in [1.29, 1.82) is 0 Å². The second kappa shape index (κ2) is 5.81. The number of piperidine rings is 1. The molecule has 116 valence electrons. The molecular formula is C13H19BrN4O2S. The first-order chi connectivity index (χ1) is 9.98. The Morgan fingerprint density at radius 1 is 1.19 bits per heavy atom. The van der Waals surface area contributed by atoms with E-state index in [0.29, 0.717) is 5.95 Å². The highest BCUT2D eigenvalue weighted by molar-refractivity contribution is 9.10. The summed E-state index contributed by atoms with van der Waals surface area (Å²) in [6.45, 7) is 1.58. The number of aromatic nitrogens is 2. The third kappa shape index (κ3) is 3.22. The first kappa shape index (κ1) is 15.2. The molecule has 2 heterocycles. The molecule has 0 aromatic carbocycles. The van der Waals surface area contributed by atoms with Gasteiger partial charge in [-0.1, -0.05) is 0 Å². The van der Waals surface area contributed by atoms with Crippen LogP contribution < -0.4 is 4.90 Å². The molecule has 0 bridgehead atoms. The number of hydrogen-bond donors (Lipinski definition) is 0. The van der Waals surface area contributed by atoms with Gasteiger partial charge in [-0.05, 0) is 41.6 Å². The number of halogens is 1. The summed E-state index contributed by atoms with van der Waals surface area (Å²) in [5.41, 5.74) is 0. The summed E-state index contributed by atoms with van der Waals surface area (Å²) in [6, 6.07) is 0.0994. The lowest BCUT2D eigenvalue weighted by molar-refractivity contribution is 0.310. The molecule has 3 rings (SSSR count). The van der Waals surface area contributed by atoms with Crippen molar-refractivity contribution in [3.05, 3.63) is 16.9 Å². The van der Waals surface area contributed by atoms with E-state index in [2.05, 4.69) is 30.8 Å². The molecule has 2 fully saturated rings. The SMILES string of the molecule is CN(C1CCN(c2ncc(Br)cn2)CC1)S(=O)(=O)C1CC1. The Kier molecular flexibility index (Phi) is 4.20. The summed E-state index contributed by atoms with van der Waals surface area (Å²) in [4.78, 5) is 10.7. The van der Waals surface area contributed by atoms with E-state index in [0.717, 1.165) is 43.2 Å². The lowest BCUT2D eigenvalue weighted by Gasteiger charge is -2.36. The number of nitrogens with zero attached hydrogens (tertiary/aromatic N) is 4. The Bertz CT molecular complexity index is 595. The van der Waals surface area contributed by atoms with E-state index in [-0.39, 0.29) is 11.3 Å². The van der Waals surface area contributed by atoms with Crippen molar-refractivity contribution in [2.75, 3.05) is 25.0 Å². The van der Waals surface area contributed by atoms with E-state index >= 15 is 0 Å². The predicted molar refractivity (Wildman–Crippen MR) is 84.7 cm³/mol. The summed E-state index contributed by atoms with van der Waals surface area (Å²) in [5, 5.41) is -0.129. The van der Waals surface area contributed by atoms with E-state index in [4.69, 9.17) is 0 Å². The topological polar surface area (TPSA) is 66.4 Å². The van der Waals surface area contributed by atoms with Gasteiger partial charge in [-0.3, -0.25) is 0 Å². The molecule has 8 heteroatoms. The van der Waals surface area contributed by atoms with Gasteiger partial charge in [0.25, 0.3) is 0 Å². The van der Waals surface area contributed by atoms with Crippen LogP contribution in [-0.2, 0) is 10.0 Å². The lowest BCUT2D eigenvalue weighted by Crippen LogP contribution is -2.46. The van der Waals surface area contributed by atoms with Crippen molar-refractivity contribution in [3.63, 3.8) is 0 Å². The van der Waals surface area contributed by atoms with Crippen LogP contribution in [0, 0.1) is 0 Å². The quantitative estimate of drug-likeness (QED) is 0.801. The Labute approximate surface area is 133 Å². The zero-order chi connectivity index (χ0) is 15.0. The molecule has 0 amide bonds. The van der Waals surface area contributed by atoms with Crippen LogP contribution in [0.15, 0.2) is 16.9 Å². The van der Waals surface area contributed by atoms with Crippen molar-refractivity contribution < 1.29 is 8.42 Å². The highest BCUT2D eigenvalue weighted by Crippen LogP contribution is 2.33. The largest absolute Gasteiger partial charge is 0.341 e. The molecule has 1 aromatic heterocycles. The van der Waals surface area contributed by atoms with Gasteiger partial charge in [-0.25, -0.2) is 22.7 Å². The minimum Gasteiger partial charge on any atom is -0.341 e. The Balaban J connectivity index is 1.61. The van der Waals surface area contributed by atoms with Crippen LogP contribution in [-0.4, -0.2) is 54.1 Å². The van der Waals surface area contributed by atoms with Gasteiger partial charge < -0.3 is 4.90 Å². The standard InChI is InChI=1S/C13H19BrN4O2S/c1-17(21(19,20)12-2-3-12)11-4-6-18(7-5-11)13-15-8-10(14)9-16-13/h8-9,11-12H,2-7H2,1H3. The molecule has 6 nitrogen and oxygen atoms in total. The van der Waals surface area contributed by atoms with Gasteiger partial charge in [-0.2, -0.15) is 0 Å². The molecular weight excluding hydrogens is 356 g/mol. The van der Waals surface area contributed by atoms with Gasteiger partial charge in [0, 0.05) is 38.6 Å². The van der Waals surface area contributed by atoms with E-state index in [9.17, 15) is 8.42 Å². The van der Waals surface area contributed by atoms with Gasteiger partial charge in [-0.15, -0.1) is 0 Å².